The zero-order valence-corrected chi connectivity index (χ0v) is 28.0. The van der Waals surface area contributed by atoms with Crippen LogP contribution >= 0.6 is 23.2 Å². The summed E-state index contributed by atoms with van der Waals surface area (Å²) in [6, 6.07) is 28.3. The minimum Gasteiger partial charge on any atom is -0.350 e. The van der Waals surface area contributed by atoms with Crippen LogP contribution in [0.1, 0.15) is 37.5 Å². The molecule has 4 aromatic rings. The van der Waals surface area contributed by atoms with Crippen LogP contribution in [0.5, 0.6) is 0 Å². The Bertz CT molecular complexity index is 1740. The summed E-state index contributed by atoms with van der Waals surface area (Å²) in [7, 11) is -4.27. The molecule has 1 N–H and O–H groups in total. The minimum absolute atomic E-state index is 0.0134. The normalized spacial score (nSPS) is 12.3. The molecule has 0 aliphatic rings. The van der Waals surface area contributed by atoms with Crippen molar-refractivity contribution in [3.05, 3.63) is 130 Å². The molecule has 0 aromatic heterocycles. The maximum Gasteiger partial charge on any atom is 0.264 e. The molecule has 1 atom stereocenters. The second-order valence-electron chi connectivity index (χ2n) is 11.8. The van der Waals surface area contributed by atoms with Gasteiger partial charge in [0.25, 0.3) is 10.0 Å². The molecule has 0 fully saturated rings. The maximum absolute atomic E-state index is 14.6. The van der Waals surface area contributed by atoms with Gasteiger partial charge in [0.1, 0.15) is 12.6 Å². The molecule has 4 aromatic carbocycles. The molecule has 0 spiro atoms. The number of carbonyl (C=O) groups is 2. The van der Waals surface area contributed by atoms with Gasteiger partial charge in [0.05, 0.1) is 15.6 Å². The number of aryl methyl sites for hydroxylation is 1. The molecule has 0 radical (unpaired) electrons. The minimum atomic E-state index is -4.27. The predicted molar refractivity (Wildman–Crippen MR) is 181 cm³/mol. The molecule has 0 aliphatic carbocycles. The molecule has 0 heterocycles. The second kappa shape index (κ2) is 14.5. The Labute approximate surface area is 275 Å². The Morgan fingerprint density at radius 1 is 0.844 bits per heavy atom. The summed E-state index contributed by atoms with van der Waals surface area (Å²) in [5, 5.41) is 3.41. The summed E-state index contributed by atoms with van der Waals surface area (Å²) in [5.74, 6) is -0.927. The van der Waals surface area contributed by atoms with Crippen molar-refractivity contribution in [3.63, 3.8) is 0 Å². The molecule has 4 rings (SSSR count). The van der Waals surface area contributed by atoms with E-state index in [2.05, 4.69) is 5.32 Å². The maximum atomic E-state index is 14.6. The summed E-state index contributed by atoms with van der Waals surface area (Å²) in [6.45, 7) is 7.00. The standard InChI is InChI=1S/C35H37Cl2N3O4S/c1-25-13-11-12-16-27(25)23-39(32(34(42)38-35(2,3)4)21-26-14-7-5-8-15-26)33(41)24-40(31-20-19-28(36)22-30(31)37)45(43,44)29-17-9-6-10-18-29/h5-20,22,32H,21,23-24H2,1-4H3,(H,38,42). The van der Waals surface area contributed by atoms with E-state index in [-0.39, 0.29) is 34.5 Å². The highest BCUT2D eigenvalue weighted by molar-refractivity contribution is 7.92. The monoisotopic (exact) mass is 665 g/mol. The van der Waals surface area contributed by atoms with Gasteiger partial charge in [-0.15, -0.1) is 0 Å². The summed E-state index contributed by atoms with van der Waals surface area (Å²) in [5.41, 5.74) is 2.12. The van der Waals surface area contributed by atoms with Crippen molar-refractivity contribution >= 4 is 50.7 Å². The fraction of sp³-hybridized carbons (Fsp3) is 0.257. The molecule has 2 amide bonds. The lowest BCUT2D eigenvalue weighted by Gasteiger charge is -2.35. The first-order valence-corrected chi connectivity index (χ1v) is 16.7. The Kier molecular flexibility index (Phi) is 11.0. The molecule has 0 saturated carbocycles. The van der Waals surface area contributed by atoms with E-state index in [1.165, 1.54) is 35.2 Å². The Balaban J connectivity index is 1.84. The third-order valence-corrected chi connectivity index (χ3v) is 9.47. The number of benzene rings is 4. The summed E-state index contributed by atoms with van der Waals surface area (Å²) in [6.07, 6.45) is 0.216. The molecule has 10 heteroatoms. The van der Waals surface area contributed by atoms with Crippen molar-refractivity contribution in [1.82, 2.24) is 10.2 Å². The number of sulfonamides is 1. The van der Waals surface area contributed by atoms with Crippen LogP contribution in [0.25, 0.3) is 0 Å². The zero-order valence-electron chi connectivity index (χ0n) is 25.7. The lowest BCUT2D eigenvalue weighted by atomic mass is 10.00. The summed E-state index contributed by atoms with van der Waals surface area (Å²) >= 11 is 12.7. The number of carbonyl (C=O) groups excluding carboxylic acids is 2. The predicted octanol–water partition coefficient (Wildman–Crippen LogP) is 7.05. The molecule has 0 bridgehead atoms. The van der Waals surface area contributed by atoms with E-state index >= 15 is 0 Å². The van der Waals surface area contributed by atoms with Crippen LogP contribution in [0.4, 0.5) is 5.69 Å². The zero-order chi connectivity index (χ0) is 32.8. The molecular weight excluding hydrogens is 629 g/mol. The number of hydrogen-bond donors (Lipinski definition) is 1. The van der Waals surface area contributed by atoms with Crippen molar-refractivity contribution in [2.45, 2.75) is 57.1 Å². The highest BCUT2D eigenvalue weighted by atomic mass is 35.5. The number of halogens is 2. The first kappa shape index (κ1) is 34.0. The fourth-order valence-electron chi connectivity index (χ4n) is 4.89. The van der Waals surface area contributed by atoms with Crippen molar-refractivity contribution in [2.24, 2.45) is 0 Å². The molecule has 236 valence electrons. The fourth-order valence-corrected chi connectivity index (χ4v) is 6.91. The third-order valence-electron chi connectivity index (χ3n) is 7.16. The smallest absolute Gasteiger partial charge is 0.264 e. The van der Waals surface area contributed by atoms with Crippen molar-refractivity contribution in [2.75, 3.05) is 10.8 Å². The van der Waals surface area contributed by atoms with Gasteiger partial charge in [0.2, 0.25) is 11.8 Å². The van der Waals surface area contributed by atoms with Gasteiger partial charge in [-0.3, -0.25) is 13.9 Å². The first-order chi connectivity index (χ1) is 21.3. The number of rotatable bonds is 11. The molecule has 7 nitrogen and oxygen atoms in total. The Hall–Kier alpha value is -3.85. The second-order valence-corrected chi connectivity index (χ2v) is 14.5. The van der Waals surface area contributed by atoms with Crippen molar-refractivity contribution in [3.8, 4) is 0 Å². The number of nitrogens with zero attached hydrogens (tertiary/aromatic N) is 2. The van der Waals surface area contributed by atoms with Gasteiger partial charge in [-0.25, -0.2) is 8.42 Å². The van der Waals surface area contributed by atoms with Crippen LogP contribution in [0.3, 0.4) is 0 Å². The quantitative estimate of drug-likeness (QED) is 0.186. The van der Waals surface area contributed by atoms with Gasteiger partial charge in [-0.2, -0.15) is 0 Å². The van der Waals surface area contributed by atoms with Crippen molar-refractivity contribution < 1.29 is 18.0 Å². The lowest BCUT2D eigenvalue weighted by molar-refractivity contribution is -0.140. The number of nitrogens with one attached hydrogen (secondary N) is 1. The van der Waals surface area contributed by atoms with Gasteiger partial charge in [-0.1, -0.05) is 96.0 Å². The van der Waals surface area contributed by atoms with Gasteiger partial charge in [0.15, 0.2) is 0 Å². The van der Waals surface area contributed by atoms with Crippen LogP contribution in [0, 0.1) is 6.92 Å². The van der Waals surface area contributed by atoms with E-state index in [1.54, 1.807) is 18.2 Å². The summed E-state index contributed by atoms with van der Waals surface area (Å²) < 4.78 is 29.2. The van der Waals surface area contributed by atoms with Crippen molar-refractivity contribution in [1.29, 1.82) is 0 Å². The molecule has 1 unspecified atom stereocenters. The van der Waals surface area contributed by atoms with Crippen LogP contribution in [-0.2, 0) is 32.6 Å². The number of amides is 2. The van der Waals surface area contributed by atoms with Gasteiger partial charge in [0, 0.05) is 23.5 Å². The largest absolute Gasteiger partial charge is 0.350 e. The topological polar surface area (TPSA) is 86.8 Å². The molecule has 0 aliphatic heterocycles. The van der Waals surface area contributed by atoms with Crippen LogP contribution in [0.15, 0.2) is 108 Å². The molecular formula is C35H37Cl2N3O4S. The lowest BCUT2D eigenvalue weighted by Crippen LogP contribution is -2.56. The third kappa shape index (κ3) is 8.87. The van der Waals surface area contributed by atoms with Gasteiger partial charge >= 0.3 is 0 Å². The van der Waals surface area contributed by atoms with Gasteiger partial charge < -0.3 is 10.2 Å². The summed E-state index contributed by atoms with van der Waals surface area (Å²) in [4.78, 5) is 30.0. The van der Waals surface area contributed by atoms with Crippen LogP contribution in [0.2, 0.25) is 10.0 Å². The first-order valence-electron chi connectivity index (χ1n) is 14.5. The molecule has 45 heavy (non-hydrogen) atoms. The van der Waals surface area contributed by atoms with E-state index in [0.717, 1.165) is 21.0 Å². The van der Waals surface area contributed by atoms with E-state index in [0.29, 0.717) is 5.02 Å². The van der Waals surface area contributed by atoms with Crippen LogP contribution < -0.4 is 9.62 Å². The Morgan fingerprint density at radius 3 is 2.04 bits per heavy atom. The van der Waals surface area contributed by atoms with Crippen LogP contribution in [-0.4, -0.2) is 43.3 Å². The van der Waals surface area contributed by atoms with E-state index in [4.69, 9.17) is 23.2 Å². The average molecular weight is 667 g/mol. The molecule has 0 saturated heterocycles. The van der Waals surface area contributed by atoms with E-state index in [1.807, 2.05) is 82.3 Å². The average Bonchev–Trinajstić information content (AvgIpc) is 2.99. The SMILES string of the molecule is Cc1ccccc1CN(C(=O)CN(c1ccc(Cl)cc1Cl)S(=O)(=O)c1ccccc1)C(Cc1ccccc1)C(=O)NC(C)(C)C. The van der Waals surface area contributed by atoms with Gasteiger partial charge in [-0.05, 0) is 74.7 Å². The number of anilines is 1. The van der Waals surface area contributed by atoms with E-state index in [9.17, 15) is 18.0 Å². The highest BCUT2D eigenvalue weighted by Crippen LogP contribution is 2.33. The van der Waals surface area contributed by atoms with E-state index < -0.39 is 34.1 Å². The number of hydrogen-bond acceptors (Lipinski definition) is 4. The highest BCUT2D eigenvalue weighted by Gasteiger charge is 2.36. The Morgan fingerprint density at radius 2 is 1.44 bits per heavy atom.